The molecular weight excluding hydrogens is 392 g/mol. The van der Waals surface area contributed by atoms with Crippen molar-refractivity contribution in [2.24, 2.45) is 11.3 Å². The van der Waals surface area contributed by atoms with Gasteiger partial charge in [0.25, 0.3) is 0 Å². The van der Waals surface area contributed by atoms with E-state index in [4.69, 9.17) is 4.74 Å². The summed E-state index contributed by atoms with van der Waals surface area (Å²) in [4.78, 5) is 4.37. The predicted octanol–water partition coefficient (Wildman–Crippen LogP) is 6.06. The minimum absolute atomic E-state index is 0.00573. The topological polar surface area (TPSA) is 34.2 Å². The minimum Gasteiger partial charge on any atom is -0.359 e. The molecule has 166 valence electrons. The van der Waals surface area contributed by atoms with Gasteiger partial charge < -0.3 is 10.1 Å². The van der Waals surface area contributed by atoms with E-state index in [-0.39, 0.29) is 16.6 Å². The molecular formula is C29H34N2O. The second-order valence-electron chi connectivity index (χ2n) is 11.4. The Hall–Kier alpha value is -1.97. The van der Waals surface area contributed by atoms with E-state index in [2.05, 4.69) is 60.7 Å². The van der Waals surface area contributed by atoms with Crippen molar-refractivity contribution in [3.63, 3.8) is 0 Å². The maximum atomic E-state index is 7.36. The average Bonchev–Trinajstić information content (AvgIpc) is 3.33. The Labute approximate surface area is 191 Å². The summed E-state index contributed by atoms with van der Waals surface area (Å²) in [6.45, 7) is 2.57. The van der Waals surface area contributed by atoms with Crippen LogP contribution in [0.1, 0.15) is 69.8 Å². The fourth-order valence-electron chi connectivity index (χ4n) is 8.52. The zero-order chi connectivity index (χ0) is 21.6. The van der Waals surface area contributed by atoms with Gasteiger partial charge in [0.1, 0.15) is 0 Å². The van der Waals surface area contributed by atoms with E-state index < -0.39 is 0 Å². The third-order valence-electron chi connectivity index (χ3n) is 10.2. The molecule has 0 amide bonds. The number of pyridine rings is 1. The molecule has 0 radical (unpaired) electrons. The van der Waals surface area contributed by atoms with Crippen LogP contribution < -0.4 is 5.32 Å². The Morgan fingerprint density at radius 2 is 2.03 bits per heavy atom. The van der Waals surface area contributed by atoms with Gasteiger partial charge in [0, 0.05) is 23.8 Å². The van der Waals surface area contributed by atoms with Crippen molar-refractivity contribution in [1.82, 2.24) is 10.3 Å². The lowest BCUT2D eigenvalue weighted by Crippen LogP contribution is -2.54. The maximum absolute atomic E-state index is 7.36. The Kier molecular flexibility index (Phi) is 3.99. The molecule has 1 N–H and O–H groups in total. The van der Waals surface area contributed by atoms with E-state index in [0.717, 1.165) is 6.42 Å². The Bertz CT molecular complexity index is 1170. The molecule has 2 aliphatic heterocycles. The molecule has 3 aliphatic carbocycles. The highest BCUT2D eigenvalue weighted by Crippen LogP contribution is 2.69. The van der Waals surface area contributed by atoms with E-state index in [1.807, 2.05) is 12.4 Å². The van der Waals surface area contributed by atoms with Crippen LogP contribution in [-0.2, 0) is 4.74 Å². The first-order valence-electron chi connectivity index (χ1n) is 12.7. The summed E-state index contributed by atoms with van der Waals surface area (Å²) in [6.07, 6.45) is 18.8. The number of aromatic nitrogens is 1. The summed E-state index contributed by atoms with van der Waals surface area (Å²) in [5.74, 6) is 1.20. The molecule has 2 unspecified atom stereocenters. The van der Waals surface area contributed by atoms with Gasteiger partial charge in [0.15, 0.2) is 0 Å². The van der Waals surface area contributed by atoms with Crippen LogP contribution in [-0.4, -0.2) is 29.3 Å². The summed E-state index contributed by atoms with van der Waals surface area (Å²) in [6, 6.07) is 9.79. The van der Waals surface area contributed by atoms with Crippen LogP contribution in [0.2, 0.25) is 0 Å². The molecule has 2 aromatic rings. The molecule has 7 rings (SSSR count). The summed E-state index contributed by atoms with van der Waals surface area (Å²) < 4.78 is 7.36. The van der Waals surface area contributed by atoms with Gasteiger partial charge in [-0.1, -0.05) is 31.2 Å². The molecule has 1 aromatic carbocycles. The number of rotatable bonds is 2. The van der Waals surface area contributed by atoms with Crippen molar-refractivity contribution in [2.75, 3.05) is 7.05 Å². The largest absolute Gasteiger partial charge is 0.359 e. The number of hydrogen-bond donors (Lipinski definition) is 1. The van der Waals surface area contributed by atoms with E-state index in [9.17, 15) is 0 Å². The third-order valence-corrected chi connectivity index (χ3v) is 10.2. The fourth-order valence-corrected chi connectivity index (χ4v) is 8.52. The first kappa shape index (κ1) is 19.5. The first-order chi connectivity index (χ1) is 15.6. The Morgan fingerprint density at radius 3 is 2.94 bits per heavy atom. The summed E-state index contributed by atoms with van der Waals surface area (Å²) >= 11 is 0. The number of nitrogens with one attached hydrogen (secondary N) is 1. The van der Waals surface area contributed by atoms with Gasteiger partial charge >= 0.3 is 0 Å². The molecule has 32 heavy (non-hydrogen) atoms. The van der Waals surface area contributed by atoms with Crippen molar-refractivity contribution in [1.29, 1.82) is 0 Å². The number of benzene rings is 1. The monoisotopic (exact) mass is 426 g/mol. The fraction of sp³-hybridized carbons (Fsp3) is 0.552. The van der Waals surface area contributed by atoms with Crippen LogP contribution in [0.3, 0.4) is 0 Å². The second-order valence-corrected chi connectivity index (χ2v) is 11.4. The van der Waals surface area contributed by atoms with Crippen molar-refractivity contribution in [3.05, 3.63) is 65.5 Å². The second kappa shape index (κ2) is 6.55. The molecule has 1 saturated heterocycles. The van der Waals surface area contributed by atoms with Crippen LogP contribution in [0, 0.1) is 11.3 Å². The minimum atomic E-state index is -0.0563. The maximum Gasteiger partial charge on any atom is 0.0974 e. The van der Waals surface area contributed by atoms with E-state index >= 15 is 0 Å². The van der Waals surface area contributed by atoms with Crippen molar-refractivity contribution in [3.8, 4) is 0 Å². The molecule has 5 aliphatic rings. The zero-order valence-corrected chi connectivity index (χ0v) is 19.4. The highest BCUT2D eigenvalue weighted by atomic mass is 16.5. The molecule has 3 fully saturated rings. The van der Waals surface area contributed by atoms with Crippen LogP contribution in [0.25, 0.3) is 10.8 Å². The third kappa shape index (κ3) is 2.42. The highest BCUT2D eigenvalue weighted by Gasteiger charge is 2.66. The summed E-state index contributed by atoms with van der Waals surface area (Å²) in [5.41, 5.74) is 4.80. The van der Waals surface area contributed by atoms with Gasteiger partial charge in [-0.25, -0.2) is 0 Å². The SMILES string of the molecule is CN[C@@H]1CCC2=CC3=CC[C@]4(C)C(c5ccc6ccncc6c5)CC[C@H]4C34CC[C@]2(C1)O4. The van der Waals surface area contributed by atoms with Crippen LogP contribution in [0.5, 0.6) is 0 Å². The van der Waals surface area contributed by atoms with Gasteiger partial charge in [-0.3, -0.25) is 4.98 Å². The van der Waals surface area contributed by atoms with Crippen LogP contribution in [0.15, 0.2) is 60.0 Å². The predicted molar refractivity (Wildman–Crippen MR) is 129 cm³/mol. The van der Waals surface area contributed by atoms with Crippen LogP contribution in [0.4, 0.5) is 0 Å². The van der Waals surface area contributed by atoms with Gasteiger partial charge in [0.2, 0.25) is 0 Å². The zero-order valence-electron chi connectivity index (χ0n) is 19.4. The van der Waals surface area contributed by atoms with Gasteiger partial charge in [-0.15, -0.1) is 0 Å². The average molecular weight is 427 g/mol. The highest BCUT2D eigenvalue weighted by molar-refractivity contribution is 5.82. The number of nitrogens with zero attached hydrogens (tertiary/aromatic N) is 1. The number of allylic oxidation sites excluding steroid dienone is 1. The molecule has 2 saturated carbocycles. The Balaban J connectivity index is 1.29. The van der Waals surface area contributed by atoms with Crippen molar-refractivity contribution in [2.45, 2.75) is 81.5 Å². The van der Waals surface area contributed by atoms with Crippen molar-refractivity contribution < 1.29 is 4.74 Å². The number of fused-ring (bicyclic) bond motifs is 2. The van der Waals surface area contributed by atoms with Gasteiger partial charge in [0.05, 0.1) is 11.2 Å². The van der Waals surface area contributed by atoms with Gasteiger partial charge in [-0.05, 0) is 110 Å². The van der Waals surface area contributed by atoms with Crippen molar-refractivity contribution >= 4 is 10.8 Å². The lowest BCUT2D eigenvalue weighted by atomic mass is 9.58. The smallest absolute Gasteiger partial charge is 0.0974 e. The number of hydrogen-bond acceptors (Lipinski definition) is 3. The molecule has 2 bridgehead atoms. The molecule has 1 aromatic heterocycles. The summed E-state index contributed by atoms with van der Waals surface area (Å²) in [7, 11) is 2.12. The quantitative estimate of drug-likeness (QED) is 0.633. The Morgan fingerprint density at radius 1 is 1.09 bits per heavy atom. The standard InChI is InChI=1S/C29H34N2O/c1-27-11-9-23-16-22-5-6-24(30-2)17-28(22)12-13-29(23,32-28)26(27)8-7-25(27)20-4-3-19-10-14-31-18-21(19)15-20/h3-4,9-10,14-16,18,24-26,30H,5-8,11-13,17H2,1-2H3/t24-,25?,26-,27-,28-,29?/m1/s1. The van der Waals surface area contributed by atoms with E-state index in [1.54, 1.807) is 5.57 Å². The molecule has 3 nitrogen and oxygen atoms in total. The summed E-state index contributed by atoms with van der Waals surface area (Å²) in [5, 5.41) is 6.11. The van der Waals surface area contributed by atoms with Crippen LogP contribution >= 0.6 is 0 Å². The first-order valence-corrected chi connectivity index (χ1v) is 12.7. The normalized spacial score (nSPS) is 42.1. The van der Waals surface area contributed by atoms with E-state index in [1.165, 1.54) is 66.9 Å². The number of ether oxygens (including phenoxy) is 1. The molecule has 3 heteroatoms. The molecule has 3 heterocycles. The lowest BCUT2D eigenvalue weighted by molar-refractivity contribution is -0.136. The lowest BCUT2D eigenvalue weighted by Gasteiger charge is -2.54. The molecule has 2 spiro atoms. The van der Waals surface area contributed by atoms with Gasteiger partial charge in [-0.2, -0.15) is 0 Å². The van der Waals surface area contributed by atoms with E-state index in [0.29, 0.717) is 17.9 Å². The molecule has 6 atom stereocenters.